The Morgan fingerprint density at radius 3 is 2.75 bits per heavy atom. The predicted octanol–water partition coefficient (Wildman–Crippen LogP) is 3.37. The van der Waals surface area contributed by atoms with Crippen LogP contribution in [0.5, 0.6) is 0 Å². The first kappa shape index (κ1) is 18.2. The van der Waals surface area contributed by atoms with Gasteiger partial charge >= 0.3 is 0 Å². The maximum atomic E-state index is 12.9. The second-order valence-corrected chi connectivity index (χ2v) is 6.73. The summed E-state index contributed by atoms with van der Waals surface area (Å²) in [5.74, 6) is -0.602. The zero-order valence-electron chi connectivity index (χ0n) is 13.6. The van der Waals surface area contributed by atoms with Crippen molar-refractivity contribution in [2.24, 2.45) is 0 Å². The molecule has 2 rings (SSSR count). The zero-order chi connectivity index (χ0) is 17.5. The average Bonchev–Trinajstić information content (AvgIpc) is 2.54. The van der Waals surface area contributed by atoms with Crippen molar-refractivity contribution in [3.05, 3.63) is 52.2 Å². The molecular formula is C17H20FN3O2S. The number of rotatable bonds is 7. The lowest BCUT2D eigenvalue weighted by Gasteiger charge is -2.12. The van der Waals surface area contributed by atoms with Crippen molar-refractivity contribution in [3.8, 4) is 0 Å². The van der Waals surface area contributed by atoms with E-state index in [1.54, 1.807) is 6.92 Å². The Labute approximate surface area is 144 Å². The highest BCUT2D eigenvalue weighted by atomic mass is 32.2. The lowest BCUT2D eigenvalue weighted by molar-refractivity contribution is -0.115. The topological polar surface area (TPSA) is 74.8 Å². The number of thioether (sulfide) groups is 1. The molecule has 24 heavy (non-hydrogen) atoms. The second kappa shape index (κ2) is 8.63. The van der Waals surface area contributed by atoms with Crippen molar-refractivity contribution in [1.29, 1.82) is 0 Å². The molecule has 0 bridgehead atoms. The number of amides is 1. The minimum Gasteiger partial charge on any atom is -0.325 e. The number of aromatic amines is 1. The van der Waals surface area contributed by atoms with Crippen molar-refractivity contribution in [3.63, 3.8) is 0 Å². The van der Waals surface area contributed by atoms with Crippen LogP contribution in [-0.2, 0) is 11.2 Å². The zero-order valence-corrected chi connectivity index (χ0v) is 14.5. The van der Waals surface area contributed by atoms with E-state index in [2.05, 4.69) is 22.2 Å². The summed E-state index contributed by atoms with van der Waals surface area (Å²) < 4.78 is 12.9. The molecule has 0 radical (unpaired) electrons. The number of H-pyrrole nitrogens is 1. The number of nitrogens with zero attached hydrogens (tertiary/aromatic N) is 1. The van der Waals surface area contributed by atoms with E-state index in [4.69, 9.17) is 0 Å². The van der Waals surface area contributed by atoms with Crippen LogP contribution in [0.4, 0.5) is 10.1 Å². The van der Waals surface area contributed by atoms with Gasteiger partial charge in [-0.25, -0.2) is 9.37 Å². The van der Waals surface area contributed by atoms with Gasteiger partial charge in [-0.15, -0.1) is 0 Å². The van der Waals surface area contributed by atoms with Gasteiger partial charge in [0.25, 0.3) is 5.56 Å². The number of benzene rings is 1. The Morgan fingerprint density at radius 1 is 1.38 bits per heavy atom. The quantitative estimate of drug-likeness (QED) is 0.594. The molecule has 1 amide bonds. The lowest BCUT2D eigenvalue weighted by Crippen LogP contribution is -2.23. The minimum atomic E-state index is -0.459. The summed E-state index contributed by atoms with van der Waals surface area (Å²) in [6.45, 7) is 3.80. The molecule has 2 aromatic rings. The molecular weight excluding hydrogens is 329 g/mol. The summed E-state index contributed by atoms with van der Waals surface area (Å²) in [7, 11) is 0. The van der Waals surface area contributed by atoms with Gasteiger partial charge in [0.2, 0.25) is 5.91 Å². The molecule has 0 saturated carbocycles. The van der Waals surface area contributed by atoms with Crippen LogP contribution in [0.15, 0.2) is 40.3 Å². The Balaban J connectivity index is 2.01. The lowest BCUT2D eigenvalue weighted by atomic mass is 10.2. The Hall–Kier alpha value is -2.15. The first-order valence-corrected chi connectivity index (χ1v) is 8.69. The van der Waals surface area contributed by atoms with Crippen LogP contribution in [0.1, 0.15) is 32.4 Å². The van der Waals surface area contributed by atoms with Gasteiger partial charge in [0.1, 0.15) is 5.82 Å². The van der Waals surface area contributed by atoms with E-state index in [0.717, 1.165) is 25.0 Å². The monoisotopic (exact) mass is 349 g/mol. The largest absolute Gasteiger partial charge is 0.325 e. The fourth-order valence-electron chi connectivity index (χ4n) is 2.02. The SMILES string of the molecule is CCCCc1cc(=O)[nH]c(SC(C)C(=O)Nc2ccc(F)cc2)n1. The molecule has 0 aliphatic rings. The van der Waals surface area contributed by atoms with E-state index in [1.165, 1.54) is 42.1 Å². The maximum Gasteiger partial charge on any atom is 0.251 e. The van der Waals surface area contributed by atoms with Gasteiger partial charge in [-0.1, -0.05) is 25.1 Å². The molecule has 0 fully saturated rings. The second-order valence-electron chi connectivity index (χ2n) is 5.40. The normalized spacial score (nSPS) is 12.0. The Kier molecular flexibility index (Phi) is 6.54. The number of nitrogens with one attached hydrogen (secondary N) is 2. The van der Waals surface area contributed by atoms with Crippen LogP contribution < -0.4 is 10.9 Å². The van der Waals surface area contributed by atoms with Crippen molar-refractivity contribution < 1.29 is 9.18 Å². The number of carbonyl (C=O) groups is 1. The van der Waals surface area contributed by atoms with Crippen LogP contribution in [-0.4, -0.2) is 21.1 Å². The molecule has 1 atom stereocenters. The minimum absolute atomic E-state index is 0.218. The number of hydrogen-bond donors (Lipinski definition) is 2. The third kappa shape index (κ3) is 5.49. The summed E-state index contributed by atoms with van der Waals surface area (Å²) >= 11 is 1.18. The molecule has 1 aromatic heterocycles. The van der Waals surface area contributed by atoms with E-state index >= 15 is 0 Å². The number of aryl methyl sites for hydroxylation is 1. The van der Waals surface area contributed by atoms with Crippen molar-refractivity contribution in [2.45, 2.75) is 43.5 Å². The van der Waals surface area contributed by atoms with Crippen LogP contribution in [0.3, 0.4) is 0 Å². The smallest absolute Gasteiger partial charge is 0.251 e. The summed E-state index contributed by atoms with van der Waals surface area (Å²) in [4.78, 5) is 30.9. The Morgan fingerprint density at radius 2 is 2.08 bits per heavy atom. The van der Waals surface area contributed by atoms with E-state index in [1.807, 2.05) is 0 Å². The molecule has 128 valence electrons. The fourth-order valence-corrected chi connectivity index (χ4v) is 2.85. The van der Waals surface area contributed by atoms with Crippen molar-refractivity contribution in [1.82, 2.24) is 9.97 Å². The van der Waals surface area contributed by atoms with E-state index in [9.17, 15) is 14.0 Å². The van der Waals surface area contributed by atoms with E-state index in [0.29, 0.717) is 10.8 Å². The molecule has 1 heterocycles. The highest BCUT2D eigenvalue weighted by molar-refractivity contribution is 8.00. The van der Waals surface area contributed by atoms with Crippen molar-refractivity contribution in [2.75, 3.05) is 5.32 Å². The van der Waals surface area contributed by atoms with Crippen LogP contribution in [0.2, 0.25) is 0 Å². The number of carbonyl (C=O) groups excluding carboxylic acids is 1. The fraction of sp³-hybridized carbons (Fsp3) is 0.353. The maximum absolute atomic E-state index is 12.9. The van der Waals surface area contributed by atoms with Crippen LogP contribution >= 0.6 is 11.8 Å². The predicted molar refractivity (Wildman–Crippen MR) is 93.8 cm³/mol. The molecule has 0 spiro atoms. The number of aromatic nitrogens is 2. The molecule has 1 unspecified atom stereocenters. The van der Waals surface area contributed by atoms with Gasteiger partial charge < -0.3 is 10.3 Å². The van der Waals surface area contributed by atoms with E-state index in [-0.39, 0.29) is 17.3 Å². The third-order valence-corrected chi connectivity index (χ3v) is 4.31. The molecule has 1 aromatic carbocycles. The highest BCUT2D eigenvalue weighted by Gasteiger charge is 2.16. The highest BCUT2D eigenvalue weighted by Crippen LogP contribution is 2.20. The van der Waals surface area contributed by atoms with Gasteiger partial charge in [-0.2, -0.15) is 0 Å². The van der Waals surface area contributed by atoms with Gasteiger partial charge in [-0.05, 0) is 44.0 Å². The molecule has 0 aliphatic heterocycles. The van der Waals surface area contributed by atoms with Crippen molar-refractivity contribution >= 4 is 23.4 Å². The Bertz CT molecular complexity index is 746. The molecule has 5 nitrogen and oxygen atoms in total. The van der Waals surface area contributed by atoms with E-state index < -0.39 is 5.25 Å². The molecule has 2 N–H and O–H groups in total. The van der Waals surface area contributed by atoms with Gasteiger partial charge in [0, 0.05) is 17.4 Å². The summed E-state index contributed by atoms with van der Waals surface area (Å²) in [6, 6.07) is 7.04. The van der Waals surface area contributed by atoms with Crippen LogP contribution in [0, 0.1) is 5.82 Å². The standard InChI is InChI=1S/C17H20FN3O2S/c1-3-4-5-14-10-15(22)21-17(20-14)24-11(2)16(23)19-13-8-6-12(18)7-9-13/h6-11H,3-5H2,1-2H3,(H,19,23)(H,20,21,22). The third-order valence-electron chi connectivity index (χ3n) is 3.33. The summed E-state index contributed by atoms with van der Waals surface area (Å²) in [5, 5.41) is 2.67. The van der Waals surface area contributed by atoms with Gasteiger partial charge in [0.15, 0.2) is 5.16 Å². The van der Waals surface area contributed by atoms with Gasteiger partial charge in [-0.3, -0.25) is 9.59 Å². The average molecular weight is 349 g/mol. The summed E-state index contributed by atoms with van der Waals surface area (Å²) in [6.07, 6.45) is 2.72. The molecule has 0 aliphatic carbocycles. The number of anilines is 1. The number of unbranched alkanes of at least 4 members (excludes halogenated alkanes) is 1. The first-order valence-electron chi connectivity index (χ1n) is 7.81. The first-order chi connectivity index (χ1) is 11.5. The van der Waals surface area contributed by atoms with Gasteiger partial charge in [0.05, 0.1) is 5.25 Å². The van der Waals surface area contributed by atoms with Crippen LogP contribution in [0.25, 0.3) is 0 Å². The number of halogens is 1. The molecule has 0 saturated heterocycles. The number of hydrogen-bond acceptors (Lipinski definition) is 4. The molecule has 7 heteroatoms. The summed E-state index contributed by atoms with van der Waals surface area (Å²) in [5.41, 5.74) is 1.03.